The Morgan fingerprint density at radius 3 is 2.95 bits per heavy atom. The maximum Gasteiger partial charge on any atom is 0.260 e. The standard InChI is InChI=1S/C14H13N3O2S/c1-18-9-4-5-11(12(15)7-9)14-16-13(17-19-14)8-10-3-2-6-20-10/h2-7H,8,15H2,1H3. The lowest BCUT2D eigenvalue weighted by atomic mass is 10.1. The first-order valence-electron chi connectivity index (χ1n) is 6.05. The fourth-order valence-electron chi connectivity index (χ4n) is 1.87. The lowest BCUT2D eigenvalue weighted by molar-refractivity contribution is 0.414. The van der Waals surface area contributed by atoms with Crippen molar-refractivity contribution in [2.75, 3.05) is 12.8 Å². The zero-order chi connectivity index (χ0) is 13.9. The number of nitrogens with two attached hydrogens (primary N) is 1. The van der Waals surface area contributed by atoms with Crippen molar-refractivity contribution in [2.45, 2.75) is 6.42 Å². The van der Waals surface area contributed by atoms with Gasteiger partial charge in [-0.15, -0.1) is 11.3 Å². The number of anilines is 1. The predicted octanol–water partition coefficient (Wildman–Crippen LogP) is 2.98. The number of rotatable bonds is 4. The highest BCUT2D eigenvalue weighted by atomic mass is 32.1. The van der Waals surface area contributed by atoms with E-state index in [9.17, 15) is 0 Å². The van der Waals surface area contributed by atoms with Crippen molar-refractivity contribution in [1.82, 2.24) is 10.1 Å². The van der Waals surface area contributed by atoms with Crippen LogP contribution in [0.2, 0.25) is 0 Å². The van der Waals surface area contributed by atoms with Crippen molar-refractivity contribution in [3.05, 3.63) is 46.4 Å². The Bertz CT molecular complexity index is 707. The molecule has 0 aliphatic carbocycles. The van der Waals surface area contributed by atoms with Crippen LogP contribution in [0.25, 0.3) is 11.5 Å². The number of methoxy groups -OCH3 is 1. The SMILES string of the molecule is COc1ccc(-c2nc(Cc3cccs3)no2)c(N)c1. The number of thiophene rings is 1. The molecule has 0 amide bonds. The van der Waals surface area contributed by atoms with Gasteiger partial charge in [-0.3, -0.25) is 0 Å². The van der Waals surface area contributed by atoms with Crippen LogP contribution in [-0.2, 0) is 6.42 Å². The molecule has 2 aromatic heterocycles. The Hall–Kier alpha value is -2.34. The molecule has 0 fully saturated rings. The van der Waals surface area contributed by atoms with E-state index in [1.165, 1.54) is 4.88 Å². The molecule has 0 saturated carbocycles. The molecule has 0 bridgehead atoms. The molecular formula is C14H13N3O2S. The molecule has 2 heterocycles. The number of hydrogen-bond donors (Lipinski definition) is 1. The molecule has 1 aromatic carbocycles. The summed E-state index contributed by atoms with van der Waals surface area (Å²) in [6.07, 6.45) is 0.664. The number of nitrogen functional groups attached to an aromatic ring is 1. The van der Waals surface area contributed by atoms with Gasteiger partial charge in [-0.05, 0) is 23.6 Å². The van der Waals surface area contributed by atoms with E-state index in [2.05, 4.69) is 10.1 Å². The highest BCUT2D eigenvalue weighted by Crippen LogP contribution is 2.28. The van der Waals surface area contributed by atoms with Crippen molar-refractivity contribution in [1.29, 1.82) is 0 Å². The predicted molar refractivity (Wildman–Crippen MR) is 77.8 cm³/mol. The van der Waals surface area contributed by atoms with Crippen LogP contribution in [0.15, 0.2) is 40.2 Å². The van der Waals surface area contributed by atoms with Gasteiger partial charge in [0.1, 0.15) is 5.75 Å². The van der Waals surface area contributed by atoms with Crippen LogP contribution in [0.1, 0.15) is 10.7 Å². The first-order chi connectivity index (χ1) is 9.76. The Labute approximate surface area is 120 Å². The number of ether oxygens (including phenoxy) is 1. The van der Waals surface area contributed by atoms with E-state index < -0.39 is 0 Å². The third kappa shape index (κ3) is 2.50. The lowest BCUT2D eigenvalue weighted by Crippen LogP contribution is -1.93. The van der Waals surface area contributed by atoms with Gasteiger partial charge in [0.2, 0.25) is 0 Å². The number of benzene rings is 1. The fourth-order valence-corrected chi connectivity index (χ4v) is 2.57. The van der Waals surface area contributed by atoms with E-state index in [4.69, 9.17) is 15.0 Å². The third-order valence-electron chi connectivity index (χ3n) is 2.87. The molecule has 0 saturated heterocycles. The van der Waals surface area contributed by atoms with E-state index in [1.807, 2.05) is 29.6 Å². The van der Waals surface area contributed by atoms with Gasteiger partial charge in [0, 0.05) is 23.1 Å². The number of nitrogens with zero attached hydrogens (tertiary/aromatic N) is 2. The first-order valence-corrected chi connectivity index (χ1v) is 6.93. The molecule has 5 nitrogen and oxygen atoms in total. The van der Waals surface area contributed by atoms with Gasteiger partial charge in [0.25, 0.3) is 5.89 Å². The van der Waals surface area contributed by atoms with Crippen molar-refractivity contribution in [2.24, 2.45) is 0 Å². The van der Waals surface area contributed by atoms with Crippen LogP contribution in [0.3, 0.4) is 0 Å². The molecule has 0 radical (unpaired) electrons. The third-order valence-corrected chi connectivity index (χ3v) is 3.75. The van der Waals surface area contributed by atoms with Crippen LogP contribution in [0, 0.1) is 0 Å². The van der Waals surface area contributed by atoms with E-state index in [0.29, 0.717) is 29.6 Å². The van der Waals surface area contributed by atoms with Gasteiger partial charge in [-0.1, -0.05) is 11.2 Å². The molecule has 3 aromatic rings. The van der Waals surface area contributed by atoms with E-state index >= 15 is 0 Å². The zero-order valence-electron chi connectivity index (χ0n) is 10.9. The Kier molecular flexibility index (Phi) is 3.39. The molecule has 3 rings (SSSR count). The quantitative estimate of drug-likeness (QED) is 0.747. The van der Waals surface area contributed by atoms with Crippen LogP contribution in [-0.4, -0.2) is 17.3 Å². The topological polar surface area (TPSA) is 74.2 Å². The monoisotopic (exact) mass is 287 g/mol. The second-order valence-electron chi connectivity index (χ2n) is 4.23. The largest absolute Gasteiger partial charge is 0.497 e. The van der Waals surface area contributed by atoms with E-state index in [-0.39, 0.29) is 0 Å². The smallest absolute Gasteiger partial charge is 0.260 e. The van der Waals surface area contributed by atoms with Gasteiger partial charge < -0.3 is 15.0 Å². The maximum atomic E-state index is 5.97. The van der Waals surface area contributed by atoms with E-state index in [0.717, 1.165) is 5.56 Å². The van der Waals surface area contributed by atoms with Gasteiger partial charge in [0.15, 0.2) is 5.82 Å². The van der Waals surface area contributed by atoms with Crippen molar-refractivity contribution < 1.29 is 9.26 Å². The Balaban J connectivity index is 1.86. The molecule has 2 N–H and O–H groups in total. The van der Waals surface area contributed by atoms with Crippen molar-refractivity contribution in [3.63, 3.8) is 0 Å². The van der Waals surface area contributed by atoms with Crippen molar-refractivity contribution in [3.8, 4) is 17.2 Å². The molecule has 0 atom stereocenters. The van der Waals surface area contributed by atoms with Gasteiger partial charge in [-0.25, -0.2) is 0 Å². The van der Waals surface area contributed by atoms with Gasteiger partial charge in [-0.2, -0.15) is 4.98 Å². The average molecular weight is 287 g/mol. The first kappa shape index (κ1) is 12.7. The summed E-state index contributed by atoms with van der Waals surface area (Å²) < 4.78 is 10.4. The molecule has 102 valence electrons. The normalized spacial score (nSPS) is 10.7. The lowest BCUT2D eigenvalue weighted by Gasteiger charge is -2.03. The summed E-state index contributed by atoms with van der Waals surface area (Å²) in [7, 11) is 1.60. The van der Waals surface area contributed by atoms with Crippen LogP contribution in [0.5, 0.6) is 5.75 Å². The summed E-state index contributed by atoms with van der Waals surface area (Å²) in [5.41, 5.74) is 7.24. The fraction of sp³-hybridized carbons (Fsp3) is 0.143. The maximum absolute atomic E-state index is 5.97. The zero-order valence-corrected chi connectivity index (χ0v) is 11.7. The molecule has 0 spiro atoms. The molecule has 0 aliphatic heterocycles. The van der Waals surface area contributed by atoms with E-state index in [1.54, 1.807) is 24.5 Å². The minimum atomic E-state index is 0.428. The Morgan fingerprint density at radius 1 is 1.35 bits per heavy atom. The average Bonchev–Trinajstić information content (AvgIpc) is 3.11. The number of aromatic nitrogens is 2. The second kappa shape index (κ2) is 5.34. The summed E-state index contributed by atoms with van der Waals surface area (Å²) in [4.78, 5) is 5.57. The summed E-state index contributed by atoms with van der Waals surface area (Å²) in [5.74, 6) is 1.78. The molecule has 6 heteroatoms. The minimum Gasteiger partial charge on any atom is -0.497 e. The molecule has 0 aliphatic rings. The van der Waals surface area contributed by atoms with Crippen LogP contribution < -0.4 is 10.5 Å². The van der Waals surface area contributed by atoms with Gasteiger partial charge >= 0.3 is 0 Å². The summed E-state index contributed by atoms with van der Waals surface area (Å²) in [5, 5.41) is 6.01. The molecule has 20 heavy (non-hydrogen) atoms. The number of hydrogen-bond acceptors (Lipinski definition) is 6. The summed E-state index contributed by atoms with van der Waals surface area (Å²) >= 11 is 1.67. The van der Waals surface area contributed by atoms with Crippen LogP contribution >= 0.6 is 11.3 Å². The van der Waals surface area contributed by atoms with Crippen molar-refractivity contribution >= 4 is 17.0 Å². The highest BCUT2D eigenvalue weighted by Gasteiger charge is 2.13. The van der Waals surface area contributed by atoms with Crippen LogP contribution in [0.4, 0.5) is 5.69 Å². The summed E-state index contributed by atoms with van der Waals surface area (Å²) in [6.45, 7) is 0. The second-order valence-corrected chi connectivity index (χ2v) is 5.26. The van der Waals surface area contributed by atoms with Gasteiger partial charge in [0.05, 0.1) is 12.7 Å². The molecular weight excluding hydrogens is 274 g/mol. The minimum absolute atomic E-state index is 0.428. The highest BCUT2D eigenvalue weighted by molar-refractivity contribution is 7.09. The summed E-state index contributed by atoms with van der Waals surface area (Å²) in [6, 6.07) is 9.41. The molecule has 0 unspecified atom stereocenters. The Morgan fingerprint density at radius 2 is 2.25 bits per heavy atom.